The Balaban J connectivity index is 1.30. The van der Waals surface area contributed by atoms with Crippen LogP contribution in [0.5, 0.6) is 0 Å². The Morgan fingerprint density at radius 3 is 2.31 bits per heavy atom. The van der Waals surface area contributed by atoms with Gasteiger partial charge in [-0.1, -0.05) is 72.3 Å². The summed E-state index contributed by atoms with van der Waals surface area (Å²) in [5.74, 6) is 0.0648. The van der Waals surface area contributed by atoms with Gasteiger partial charge in [-0.15, -0.1) is 17.7 Å². The molecule has 4 aromatic carbocycles. The summed E-state index contributed by atoms with van der Waals surface area (Å²) in [4.78, 5) is 17.8. The van der Waals surface area contributed by atoms with Crippen molar-refractivity contribution in [3.05, 3.63) is 131 Å². The lowest BCUT2D eigenvalue weighted by atomic mass is 9.97. The number of carbonyl (C=O) groups excluding carboxylic acids is 1. The van der Waals surface area contributed by atoms with Crippen LogP contribution in [-0.2, 0) is 11.2 Å². The Kier molecular flexibility index (Phi) is 7.67. The average molecular weight is 528 g/mol. The predicted octanol–water partition coefficient (Wildman–Crippen LogP) is 6.80. The van der Waals surface area contributed by atoms with Crippen LogP contribution in [0.2, 0.25) is 0 Å². The summed E-state index contributed by atoms with van der Waals surface area (Å²) in [6, 6.07) is 35.2. The molecule has 0 saturated carbocycles. The second-order valence-corrected chi connectivity index (χ2v) is 9.55. The fraction of sp³-hybridized carbons (Fsp3) is 0.0625. The molecular formula is C32H25N5OS. The molecule has 1 aromatic heterocycles. The van der Waals surface area contributed by atoms with Crippen LogP contribution in [0.4, 0.5) is 5.69 Å². The molecule has 7 heteroatoms. The van der Waals surface area contributed by atoms with Crippen LogP contribution in [0.1, 0.15) is 11.1 Å². The van der Waals surface area contributed by atoms with Gasteiger partial charge in [0.2, 0.25) is 0 Å². The number of aryl methyl sites for hydroxylation is 1. The van der Waals surface area contributed by atoms with E-state index in [4.69, 9.17) is 0 Å². The van der Waals surface area contributed by atoms with Crippen LogP contribution >= 0.6 is 12.6 Å². The summed E-state index contributed by atoms with van der Waals surface area (Å²) in [5, 5.41) is 17.1. The van der Waals surface area contributed by atoms with Crippen molar-refractivity contribution < 1.29 is 4.79 Å². The van der Waals surface area contributed by atoms with Crippen molar-refractivity contribution in [2.45, 2.75) is 13.3 Å². The molecule has 0 bridgehead atoms. The highest BCUT2D eigenvalue weighted by atomic mass is 32.1. The highest BCUT2D eigenvalue weighted by molar-refractivity contribution is 7.84. The van der Waals surface area contributed by atoms with E-state index in [0.29, 0.717) is 22.8 Å². The van der Waals surface area contributed by atoms with Crippen molar-refractivity contribution in [2.75, 3.05) is 5.32 Å². The van der Waals surface area contributed by atoms with Crippen molar-refractivity contribution in [3.63, 3.8) is 0 Å². The molecule has 0 aliphatic rings. The van der Waals surface area contributed by atoms with Crippen LogP contribution in [0.15, 0.2) is 120 Å². The van der Waals surface area contributed by atoms with Gasteiger partial charge < -0.3 is 5.32 Å². The average Bonchev–Trinajstić information content (AvgIpc) is 3.45. The van der Waals surface area contributed by atoms with Gasteiger partial charge in [0.25, 0.3) is 5.91 Å². The highest BCUT2D eigenvalue weighted by Crippen LogP contribution is 2.27. The number of nitrogens with one attached hydrogen (secondary N) is 1. The number of anilines is 1. The minimum atomic E-state index is -0.505. The molecule has 0 spiro atoms. The number of carbonyl (C=O) groups is 1. The fourth-order valence-corrected chi connectivity index (χ4v) is 4.52. The number of hydrogen-bond donors (Lipinski definition) is 2. The minimum Gasteiger partial charge on any atom is -0.321 e. The van der Waals surface area contributed by atoms with Crippen molar-refractivity contribution in [2.24, 2.45) is 0 Å². The number of benzene rings is 4. The molecule has 5 rings (SSSR count). The van der Waals surface area contributed by atoms with Gasteiger partial charge in [-0.2, -0.15) is 5.26 Å². The number of thiol groups is 1. The molecule has 5 aromatic rings. The third-order valence-corrected chi connectivity index (χ3v) is 6.66. The maximum atomic E-state index is 13.0. The zero-order valence-electron chi connectivity index (χ0n) is 21.2. The van der Waals surface area contributed by atoms with Crippen LogP contribution in [0.25, 0.3) is 28.2 Å². The van der Waals surface area contributed by atoms with Gasteiger partial charge in [0, 0.05) is 22.6 Å². The van der Waals surface area contributed by atoms with E-state index >= 15 is 0 Å². The van der Waals surface area contributed by atoms with Crippen LogP contribution in [0, 0.1) is 18.3 Å². The summed E-state index contributed by atoms with van der Waals surface area (Å²) in [7, 11) is 0. The van der Waals surface area contributed by atoms with Gasteiger partial charge >= 0.3 is 0 Å². The SMILES string of the molecule is Cc1ccc(-n2cnc(-c3ccc(NC(=O)/C(C#N)=C(\S)Cc4ccccc4-c4ccccc4)cc3)n2)cc1. The molecule has 0 unspecified atom stereocenters. The summed E-state index contributed by atoms with van der Waals surface area (Å²) >= 11 is 4.56. The van der Waals surface area contributed by atoms with Gasteiger partial charge in [-0.3, -0.25) is 4.79 Å². The predicted molar refractivity (Wildman–Crippen MR) is 157 cm³/mol. The van der Waals surface area contributed by atoms with Crippen molar-refractivity contribution in [3.8, 4) is 34.3 Å². The van der Waals surface area contributed by atoms with Crippen LogP contribution in [0.3, 0.4) is 0 Å². The second-order valence-electron chi connectivity index (χ2n) is 9.01. The Bertz CT molecular complexity index is 1680. The number of nitriles is 1. The fourth-order valence-electron chi connectivity index (χ4n) is 4.20. The van der Waals surface area contributed by atoms with E-state index in [0.717, 1.165) is 27.9 Å². The maximum absolute atomic E-state index is 13.0. The van der Waals surface area contributed by atoms with E-state index in [9.17, 15) is 10.1 Å². The molecular weight excluding hydrogens is 502 g/mol. The van der Waals surface area contributed by atoms with Crippen molar-refractivity contribution in [1.29, 1.82) is 5.26 Å². The number of nitrogens with zero attached hydrogens (tertiary/aromatic N) is 4. The summed E-state index contributed by atoms with van der Waals surface area (Å²) in [6.07, 6.45) is 2.03. The van der Waals surface area contributed by atoms with Gasteiger partial charge in [-0.05, 0) is 60.0 Å². The molecule has 0 fully saturated rings. The van der Waals surface area contributed by atoms with Gasteiger partial charge in [-0.25, -0.2) is 9.67 Å². The molecule has 190 valence electrons. The smallest absolute Gasteiger partial charge is 0.267 e. The number of allylic oxidation sites excluding steroid dienone is 1. The second kappa shape index (κ2) is 11.6. The van der Waals surface area contributed by atoms with E-state index in [1.54, 1.807) is 23.1 Å². The Hall–Kier alpha value is -4.93. The molecule has 39 heavy (non-hydrogen) atoms. The monoisotopic (exact) mass is 527 g/mol. The molecule has 0 saturated heterocycles. The molecule has 6 nitrogen and oxygen atoms in total. The van der Waals surface area contributed by atoms with Crippen LogP contribution < -0.4 is 5.32 Å². The Morgan fingerprint density at radius 1 is 0.897 bits per heavy atom. The highest BCUT2D eigenvalue weighted by Gasteiger charge is 2.16. The molecule has 1 N–H and O–H groups in total. The molecule has 0 radical (unpaired) electrons. The Morgan fingerprint density at radius 2 is 1.59 bits per heavy atom. The summed E-state index contributed by atoms with van der Waals surface area (Å²) in [5.41, 5.74) is 6.52. The minimum absolute atomic E-state index is 0.0243. The molecule has 0 atom stereocenters. The number of hydrogen-bond acceptors (Lipinski definition) is 5. The van der Waals surface area contributed by atoms with Gasteiger partial charge in [0.1, 0.15) is 18.0 Å². The van der Waals surface area contributed by atoms with Gasteiger partial charge in [0.05, 0.1) is 5.69 Å². The summed E-state index contributed by atoms with van der Waals surface area (Å²) < 4.78 is 1.72. The van der Waals surface area contributed by atoms with Crippen LogP contribution in [-0.4, -0.2) is 20.7 Å². The first-order valence-electron chi connectivity index (χ1n) is 12.4. The lowest BCUT2D eigenvalue weighted by Gasteiger charge is -2.11. The lowest BCUT2D eigenvalue weighted by molar-refractivity contribution is -0.112. The van der Waals surface area contributed by atoms with E-state index in [1.807, 2.05) is 104 Å². The molecule has 0 aliphatic carbocycles. The first-order valence-corrected chi connectivity index (χ1v) is 12.8. The number of aromatic nitrogens is 3. The maximum Gasteiger partial charge on any atom is 0.267 e. The van der Waals surface area contributed by atoms with E-state index < -0.39 is 5.91 Å². The van der Waals surface area contributed by atoms with Crippen molar-refractivity contribution in [1.82, 2.24) is 14.8 Å². The third-order valence-electron chi connectivity index (χ3n) is 6.28. The van der Waals surface area contributed by atoms with Gasteiger partial charge in [0.15, 0.2) is 5.82 Å². The van der Waals surface area contributed by atoms with E-state index in [-0.39, 0.29) is 5.57 Å². The van der Waals surface area contributed by atoms with E-state index in [2.05, 4.69) is 28.0 Å². The standard InChI is InChI=1S/C32H25N5OS/c1-22-11-17-27(18-12-22)37-21-34-31(36-37)24-13-15-26(16-14-24)35-32(38)29(20-33)30(39)19-25-9-5-6-10-28(25)23-7-3-2-4-8-23/h2-18,21,39H,19H2,1H3,(H,35,38)/b30-29-. The topological polar surface area (TPSA) is 83.6 Å². The molecule has 1 heterocycles. The molecule has 1 amide bonds. The normalized spacial score (nSPS) is 11.4. The lowest BCUT2D eigenvalue weighted by Crippen LogP contribution is -2.15. The Labute approximate surface area is 232 Å². The molecule has 0 aliphatic heterocycles. The first kappa shape index (κ1) is 25.7. The van der Waals surface area contributed by atoms with Crippen molar-refractivity contribution >= 4 is 24.2 Å². The number of amides is 1. The summed E-state index contributed by atoms with van der Waals surface area (Å²) in [6.45, 7) is 2.04. The quantitative estimate of drug-likeness (QED) is 0.139. The number of rotatable bonds is 7. The largest absolute Gasteiger partial charge is 0.321 e. The zero-order chi connectivity index (χ0) is 27.2. The first-order chi connectivity index (χ1) is 19.0. The zero-order valence-corrected chi connectivity index (χ0v) is 22.1. The van der Waals surface area contributed by atoms with E-state index in [1.165, 1.54) is 5.56 Å². The third kappa shape index (κ3) is 5.98.